The quantitative estimate of drug-likeness (QED) is 0.601. The summed E-state index contributed by atoms with van der Waals surface area (Å²) >= 11 is 1.68. The summed E-state index contributed by atoms with van der Waals surface area (Å²) in [6, 6.07) is 14.6. The van der Waals surface area contributed by atoms with Gasteiger partial charge in [0, 0.05) is 49.4 Å². The smallest absolute Gasteiger partial charge is 0.161 e. The monoisotopic (exact) mass is 409 g/mol. The van der Waals surface area contributed by atoms with E-state index < -0.39 is 0 Å². The summed E-state index contributed by atoms with van der Waals surface area (Å²) in [5.41, 5.74) is 4.89. The average Bonchev–Trinajstić information content (AvgIpc) is 3.23. The van der Waals surface area contributed by atoms with E-state index in [1.54, 1.807) is 25.6 Å². The first kappa shape index (κ1) is 19.7. The predicted molar refractivity (Wildman–Crippen MR) is 119 cm³/mol. The topological polar surface area (TPSA) is 37.8 Å². The highest BCUT2D eigenvalue weighted by atomic mass is 32.1. The predicted octanol–water partition coefficient (Wildman–Crippen LogP) is 4.46. The van der Waals surface area contributed by atoms with Gasteiger partial charge in [-0.05, 0) is 36.8 Å². The fourth-order valence-electron chi connectivity index (χ4n) is 3.78. The van der Waals surface area contributed by atoms with Gasteiger partial charge in [0.05, 0.1) is 19.9 Å². The number of thiazole rings is 1. The third-order valence-electron chi connectivity index (χ3n) is 5.40. The lowest BCUT2D eigenvalue weighted by Crippen LogP contribution is -2.46. The number of rotatable bonds is 6. The van der Waals surface area contributed by atoms with Gasteiger partial charge >= 0.3 is 0 Å². The lowest BCUT2D eigenvalue weighted by molar-refractivity contribution is 0.247. The summed E-state index contributed by atoms with van der Waals surface area (Å²) in [4.78, 5) is 9.84. The first-order valence-corrected chi connectivity index (χ1v) is 10.8. The minimum Gasteiger partial charge on any atom is -0.493 e. The van der Waals surface area contributed by atoms with Gasteiger partial charge < -0.3 is 14.4 Å². The zero-order valence-corrected chi connectivity index (χ0v) is 18.0. The van der Waals surface area contributed by atoms with Crippen LogP contribution in [0.3, 0.4) is 0 Å². The Kier molecular flexibility index (Phi) is 6.02. The number of aryl methyl sites for hydroxylation is 1. The molecule has 152 valence electrons. The Balaban J connectivity index is 1.38. The number of hydrogen-bond donors (Lipinski definition) is 0. The third-order valence-corrected chi connectivity index (χ3v) is 6.34. The van der Waals surface area contributed by atoms with Crippen molar-refractivity contribution in [3.8, 4) is 22.1 Å². The van der Waals surface area contributed by atoms with Gasteiger partial charge in [-0.2, -0.15) is 0 Å². The second kappa shape index (κ2) is 8.84. The summed E-state index contributed by atoms with van der Waals surface area (Å²) in [5, 5.41) is 3.18. The summed E-state index contributed by atoms with van der Waals surface area (Å²) < 4.78 is 10.7. The molecule has 0 atom stereocenters. The van der Waals surface area contributed by atoms with Gasteiger partial charge in [0.15, 0.2) is 11.5 Å². The van der Waals surface area contributed by atoms with Crippen LogP contribution in [0.25, 0.3) is 10.6 Å². The zero-order chi connectivity index (χ0) is 20.2. The maximum absolute atomic E-state index is 5.42. The van der Waals surface area contributed by atoms with Crippen LogP contribution in [0.2, 0.25) is 0 Å². The molecule has 29 heavy (non-hydrogen) atoms. The Hall–Kier alpha value is -2.57. The van der Waals surface area contributed by atoms with E-state index in [0.717, 1.165) is 60.5 Å². The lowest BCUT2D eigenvalue weighted by Gasteiger charge is -2.36. The molecule has 3 aromatic rings. The van der Waals surface area contributed by atoms with Gasteiger partial charge in [0.2, 0.25) is 0 Å². The van der Waals surface area contributed by atoms with Crippen molar-refractivity contribution in [3.05, 3.63) is 59.1 Å². The van der Waals surface area contributed by atoms with Crippen LogP contribution in [0.1, 0.15) is 11.3 Å². The molecule has 4 rings (SSSR count). The molecule has 0 saturated carbocycles. The largest absolute Gasteiger partial charge is 0.493 e. The van der Waals surface area contributed by atoms with Crippen molar-refractivity contribution >= 4 is 17.0 Å². The molecular weight excluding hydrogens is 382 g/mol. The number of piperazine rings is 1. The standard InChI is InChI=1S/C23H27N3O2S/c1-17-6-4-5-7-20(17)26-12-10-25(11-13-26)15-19-16-29-23(24-19)18-8-9-21(27-2)22(14-18)28-3/h4-9,14,16H,10-13,15H2,1-3H3. The Morgan fingerprint density at radius 3 is 2.45 bits per heavy atom. The van der Waals surface area contributed by atoms with Gasteiger partial charge in [-0.1, -0.05) is 18.2 Å². The Morgan fingerprint density at radius 2 is 1.72 bits per heavy atom. The maximum atomic E-state index is 5.42. The van der Waals surface area contributed by atoms with Crippen LogP contribution >= 0.6 is 11.3 Å². The van der Waals surface area contributed by atoms with Crippen molar-refractivity contribution in [1.82, 2.24) is 9.88 Å². The Bertz CT molecular complexity index is 964. The molecule has 0 amide bonds. The molecule has 1 aliphatic rings. The van der Waals surface area contributed by atoms with Crippen LogP contribution in [-0.2, 0) is 6.54 Å². The second-order valence-electron chi connectivity index (χ2n) is 7.26. The molecular formula is C23H27N3O2S. The number of hydrogen-bond acceptors (Lipinski definition) is 6. The molecule has 2 aromatic carbocycles. The van der Waals surface area contributed by atoms with E-state index in [4.69, 9.17) is 14.5 Å². The summed E-state index contributed by atoms with van der Waals surface area (Å²) in [6.45, 7) is 7.29. The van der Waals surface area contributed by atoms with Gasteiger partial charge in [-0.3, -0.25) is 4.90 Å². The summed E-state index contributed by atoms with van der Waals surface area (Å²) in [5.74, 6) is 1.47. The number of anilines is 1. The van der Waals surface area contributed by atoms with E-state index in [-0.39, 0.29) is 0 Å². The molecule has 2 heterocycles. The van der Waals surface area contributed by atoms with Crippen LogP contribution in [0.15, 0.2) is 47.8 Å². The molecule has 5 nitrogen and oxygen atoms in total. The van der Waals surface area contributed by atoms with E-state index in [1.165, 1.54) is 11.3 Å². The van der Waals surface area contributed by atoms with E-state index >= 15 is 0 Å². The average molecular weight is 410 g/mol. The minimum atomic E-state index is 0.731. The van der Waals surface area contributed by atoms with Crippen LogP contribution in [-0.4, -0.2) is 50.3 Å². The molecule has 1 aromatic heterocycles. The fraction of sp³-hybridized carbons (Fsp3) is 0.348. The first-order valence-electron chi connectivity index (χ1n) is 9.87. The van der Waals surface area contributed by atoms with Gasteiger partial charge in [0.25, 0.3) is 0 Å². The van der Waals surface area contributed by atoms with E-state index in [0.29, 0.717) is 0 Å². The fourth-order valence-corrected chi connectivity index (χ4v) is 4.58. The number of nitrogens with zero attached hydrogens (tertiary/aromatic N) is 3. The zero-order valence-electron chi connectivity index (χ0n) is 17.2. The molecule has 0 radical (unpaired) electrons. The number of methoxy groups -OCH3 is 2. The number of ether oxygens (including phenoxy) is 2. The van der Waals surface area contributed by atoms with E-state index in [9.17, 15) is 0 Å². The summed E-state index contributed by atoms with van der Waals surface area (Å²) in [6.07, 6.45) is 0. The van der Waals surface area contributed by atoms with Crippen molar-refractivity contribution in [2.45, 2.75) is 13.5 Å². The molecule has 0 aliphatic carbocycles. The highest BCUT2D eigenvalue weighted by molar-refractivity contribution is 7.13. The van der Waals surface area contributed by atoms with Crippen LogP contribution in [0.5, 0.6) is 11.5 Å². The van der Waals surface area contributed by atoms with Gasteiger partial charge in [-0.15, -0.1) is 11.3 Å². The van der Waals surface area contributed by atoms with Gasteiger partial charge in [-0.25, -0.2) is 4.98 Å². The van der Waals surface area contributed by atoms with Crippen LogP contribution in [0, 0.1) is 6.92 Å². The number of benzene rings is 2. The van der Waals surface area contributed by atoms with Crippen molar-refractivity contribution in [3.63, 3.8) is 0 Å². The SMILES string of the molecule is COc1ccc(-c2nc(CN3CCN(c4ccccc4C)CC3)cs2)cc1OC. The maximum Gasteiger partial charge on any atom is 0.161 e. The van der Waals surface area contributed by atoms with Crippen LogP contribution < -0.4 is 14.4 Å². The normalized spacial score (nSPS) is 14.8. The van der Waals surface area contributed by atoms with Crippen molar-refractivity contribution in [2.24, 2.45) is 0 Å². The lowest BCUT2D eigenvalue weighted by atomic mass is 10.1. The van der Waals surface area contributed by atoms with Crippen LogP contribution in [0.4, 0.5) is 5.69 Å². The first-order chi connectivity index (χ1) is 14.2. The summed E-state index contributed by atoms with van der Waals surface area (Å²) in [7, 11) is 3.31. The van der Waals surface area contributed by atoms with E-state index in [2.05, 4.69) is 46.4 Å². The van der Waals surface area contributed by atoms with Gasteiger partial charge in [0.1, 0.15) is 5.01 Å². The third kappa shape index (κ3) is 4.38. The molecule has 6 heteroatoms. The minimum absolute atomic E-state index is 0.731. The molecule has 0 bridgehead atoms. The molecule has 0 unspecified atom stereocenters. The molecule has 1 saturated heterocycles. The molecule has 0 spiro atoms. The second-order valence-corrected chi connectivity index (χ2v) is 8.12. The highest BCUT2D eigenvalue weighted by Crippen LogP contribution is 2.33. The number of para-hydroxylation sites is 1. The van der Waals surface area contributed by atoms with Crippen molar-refractivity contribution in [2.75, 3.05) is 45.3 Å². The Morgan fingerprint density at radius 1 is 0.966 bits per heavy atom. The Labute approximate surface area is 176 Å². The van der Waals surface area contributed by atoms with E-state index in [1.807, 2.05) is 18.2 Å². The highest BCUT2D eigenvalue weighted by Gasteiger charge is 2.19. The molecule has 0 N–H and O–H groups in total. The van der Waals surface area contributed by atoms with Crippen molar-refractivity contribution < 1.29 is 9.47 Å². The van der Waals surface area contributed by atoms with Crippen molar-refractivity contribution in [1.29, 1.82) is 0 Å². The molecule has 1 fully saturated rings. The molecule has 1 aliphatic heterocycles. The number of aromatic nitrogens is 1.